The first-order chi connectivity index (χ1) is 10.8. The minimum Gasteiger partial charge on any atom is -0.353 e. The third kappa shape index (κ3) is 2.23. The Morgan fingerprint density at radius 2 is 2.09 bits per heavy atom. The number of aryl methyl sites for hydroxylation is 1. The second-order valence-corrected chi connectivity index (χ2v) is 6.22. The van der Waals surface area contributed by atoms with Gasteiger partial charge in [0.1, 0.15) is 10.6 Å². The number of nitrogens with one attached hydrogen (secondary N) is 1. The molecule has 1 aliphatic rings. The fourth-order valence-electron chi connectivity index (χ4n) is 2.89. The van der Waals surface area contributed by atoms with E-state index < -0.39 is 5.97 Å². The normalized spacial score (nSPS) is 15.9. The number of oxime groups is 1. The van der Waals surface area contributed by atoms with Crippen LogP contribution in [0.25, 0.3) is 10.9 Å². The lowest BCUT2D eigenvalue weighted by atomic mass is 9.94. The molecule has 0 saturated heterocycles. The van der Waals surface area contributed by atoms with E-state index in [1.54, 1.807) is 6.07 Å². The topological polar surface area (TPSA) is 54.4 Å². The summed E-state index contributed by atoms with van der Waals surface area (Å²) >= 11 is 1.36. The smallest absolute Gasteiger partial charge is 0.353 e. The SMILES string of the molecule is O=C(O/N=C1/CCCc2c1[nH]c1ccccc21)c1cccs1. The molecule has 3 aromatic rings. The number of para-hydroxylation sites is 1. The number of thiophene rings is 1. The molecule has 1 N–H and O–H groups in total. The molecule has 5 heteroatoms. The molecule has 0 unspecified atom stereocenters. The number of aromatic amines is 1. The van der Waals surface area contributed by atoms with E-state index in [1.165, 1.54) is 22.3 Å². The van der Waals surface area contributed by atoms with Crippen molar-refractivity contribution in [1.82, 2.24) is 4.98 Å². The summed E-state index contributed by atoms with van der Waals surface area (Å²) in [5, 5.41) is 7.20. The highest BCUT2D eigenvalue weighted by atomic mass is 32.1. The highest BCUT2D eigenvalue weighted by Crippen LogP contribution is 2.29. The Hall–Kier alpha value is -2.40. The third-order valence-corrected chi connectivity index (χ3v) is 4.75. The summed E-state index contributed by atoms with van der Waals surface area (Å²) in [6.45, 7) is 0. The van der Waals surface area contributed by atoms with E-state index in [4.69, 9.17) is 4.84 Å². The minimum absolute atomic E-state index is 0.397. The lowest BCUT2D eigenvalue weighted by Gasteiger charge is -2.13. The van der Waals surface area contributed by atoms with Crippen LogP contribution < -0.4 is 0 Å². The first-order valence-corrected chi connectivity index (χ1v) is 8.12. The number of rotatable bonds is 2. The highest BCUT2D eigenvalue weighted by Gasteiger charge is 2.21. The van der Waals surface area contributed by atoms with Crippen LogP contribution >= 0.6 is 11.3 Å². The first kappa shape index (κ1) is 13.3. The zero-order valence-corrected chi connectivity index (χ0v) is 12.7. The number of H-pyrrole nitrogens is 1. The van der Waals surface area contributed by atoms with Gasteiger partial charge in [0.15, 0.2) is 0 Å². The van der Waals surface area contributed by atoms with Crippen molar-refractivity contribution >= 4 is 33.9 Å². The van der Waals surface area contributed by atoms with Gasteiger partial charge in [0.2, 0.25) is 0 Å². The van der Waals surface area contributed by atoms with Gasteiger partial charge in [-0.05, 0) is 42.3 Å². The summed E-state index contributed by atoms with van der Waals surface area (Å²) in [7, 11) is 0. The van der Waals surface area contributed by atoms with Gasteiger partial charge in [-0.2, -0.15) is 0 Å². The molecule has 2 heterocycles. The number of carbonyl (C=O) groups excluding carboxylic acids is 1. The lowest BCUT2D eigenvalue weighted by Crippen LogP contribution is -2.13. The van der Waals surface area contributed by atoms with Gasteiger partial charge in [-0.1, -0.05) is 29.4 Å². The molecule has 0 aliphatic heterocycles. The molecule has 2 aromatic heterocycles. The maximum atomic E-state index is 11.9. The van der Waals surface area contributed by atoms with Gasteiger partial charge in [-0.3, -0.25) is 0 Å². The van der Waals surface area contributed by atoms with Crippen LogP contribution in [0.3, 0.4) is 0 Å². The Morgan fingerprint density at radius 1 is 1.18 bits per heavy atom. The van der Waals surface area contributed by atoms with Crippen LogP contribution in [0, 0.1) is 0 Å². The molecule has 4 nitrogen and oxygen atoms in total. The molecule has 0 radical (unpaired) electrons. The number of aromatic nitrogens is 1. The predicted octanol–water partition coefficient (Wildman–Crippen LogP) is 4.13. The number of benzene rings is 1. The average molecular weight is 310 g/mol. The molecule has 22 heavy (non-hydrogen) atoms. The number of nitrogens with zero attached hydrogens (tertiary/aromatic N) is 1. The molecule has 1 aliphatic carbocycles. The van der Waals surface area contributed by atoms with Crippen LogP contribution in [0.2, 0.25) is 0 Å². The van der Waals surface area contributed by atoms with Crippen molar-refractivity contribution in [3.8, 4) is 0 Å². The van der Waals surface area contributed by atoms with E-state index in [1.807, 2.05) is 23.6 Å². The molecule has 110 valence electrons. The van der Waals surface area contributed by atoms with Gasteiger partial charge in [-0.15, -0.1) is 11.3 Å². The molecule has 1 aromatic carbocycles. The van der Waals surface area contributed by atoms with Gasteiger partial charge >= 0.3 is 5.97 Å². The maximum Gasteiger partial charge on any atom is 0.375 e. The van der Waals surface area contributed by atoms with Gasteiger partial charge in [0, 0.05) is 10.9 Å². The van der Waals surface area contributed by atoms with Crippen LogP contribution in [0.5, 0.6) is 0 Å². The molecular formula is C17H14N2O2S. The molecule has 0 atom stereocenters. The molecule has 0 fully saturated rings. The number of hydrogen-bond acceptors (Lipinski definition) is 4. The molecule has 0 amide bonds. The zero-order chi connectivity index (χ0) is 14.9. The second kappa shape index (κ2) is 5.42. The number of fused-ring (bicyclic) bond motifs is 3. The monoisotopic (exact) mass is 310 g/mol. The van der Waals surface area contributed by atoms with Crippen LogP contribution in [0.15, 0.2) is 46.9 Å². The van der Waals surface area contributed by atoms with Gasteiger partial charge in [0.25, 0.3) is 0 Å². The fourth-order valence-corrected chi connectivity index (χ4v) is 3.49. The number of carbonyl (C=O) groups is 1. The van der Waals surface area contributed by atoms with Gasteiger partial charge in [-0.25, -0.2) is 4.79 Å². The largest absolute Gasteiger partial charge is 0.375 e. The Labute approximate surface area is 131 Å². The Balaban J connectivity index is 1.67. The average Bonchev–Trinajstić information content (AvgIpc) is 3.20. The summed E-state index contributed by atoms with van der Waals surface area (Å²) in [6, 6.07) is 11.8. The van der Waals surface area contributed by atoms with E-state index in [0.717, 1.165) is 36.2 Å². The van der Waals surface area contributed by atoms with Crippen molar-refractivity contribution < 1.29 is 9.63 Å². The van der Waals surface area contributed by atoms with E-state index >= 15 is 0 Å². The van der Waals surface area contributed by atoms with E-state index in [9.17, 15) is 4.79 Å². The number of hydrogen-bond donors (Lipinski definition) is 1. The van der Waals surface area contributed by atoms with Crippen molar-refractivity contribution in [1.29, 1.82) is 0 Å². The van der Waals surface area contributed by atoms with Gasteiger partial charge < -0.3 is 9.82 Å². The summed E-state index contributed by atoms with van der Waals surface area (Å²) in [5.74, 6) is -0.397. The Kier molecular flexibility index (Phi) is 3.27. The Morgan fingerprint density at radius 3 is 2.95 bits per heavy atom. The maximum absolute atomic E-state index is 11.9. The van der Waals surface area contributed by atoms with Crippen molar-refractivity contribution in [3.05, 3.63) is 57.9 Å². The van der Waals surface area contributed by atoms with E-state index in [2.05, 4.69) is 22.3 Å². The standard InChI is InChI=1S/C17H14N2O2S/c20-17(15-9-4-10-22-15)21-19-14-8-3-6-12-11-5-1-2-7-13(11)18-16(12)14/h1-2,4-5,7,9-10,18H,3,6,8H2/b19-14-. The summed E-state index contributed by atoms with van der Waals surface area (Å²) < 4.78 is 0. The van der Waals surface area contributed by atoms with E-state index in [-0.39, 0.29) is 0 Å². The zero-order valence-electron chi connectivity index (χ0n) is 11.8. The van der Waals surface area contributed by atoms with Crippen molar-refractivity contribution in [2.75, 3.05) is 0 Å². The van der Waals surface area contributed by atoms with E-state index in [0.29, 0.717) is 4.88 Å². The Bertz CT molecular complexity index is 862. The predicted molar refractivity (Wildman–Crippen MR) is 87.5 cm³/mol. The van der Waals surface area contributed by atoms with Crippen LogP contribution in [0.4, 0.5) is 0 Å². The van der Waals surface area contributed by atoms with Gasteiger partial charge in [0.05, 0.1) is 5.69 Å². The summed E-state index contributed by atoms with van der Waals surface area (Å²) in [4.78, 5) is 21.0. The van der Waals surface area contributed by atoms with Crippen molar-refractivity contribution in [3.63, 3.8) is 0 Å². The van der Waals surface area contributed by atoms with Crippen LogP contribution in [-0.4, -0.2) is 16.7 Å². The van der Waals surface area contributed by atoms with Crippen LogP contribution in [-0.2, 0) is 11.3 Å². The fraction of sp³-hybridized carbons (Fsp3) is 0.176. The molecule has 4 rings (SSSR count). The first-order valence-electron chi connectivity index (χ1n) is 7.24. The highest BCUT2D eigenvalue weighted by molar-refractivity contribution is 7.11. The summed E-state index contributed by atoms with van der Waals surface area (Å²) in [5.41, 5.74) is 4.20. The second-order valence-electron chi connectivity index (χ2n) is 5.27. The van der Waals surface area contributed by atoms with Crippen molar-refractivity contribution in [2.24, 2.45) is 5.16 Å². The molecule has 0 bridgehead atoms. The minimum atomic E-state index is -0.397. The third-order valence-electron chi connectivity index (χ3n) is 3.90. The molecule has 0 spiro atoms. The molecule has 0 saturated carbocycles. The quantitative estimate of drug-likeness (QED) is 0.571. The lowest BCUT2D eigenvalue weighted by molar-refractivity contribution is 0.0521. The van der Waals surface area contributed by atoms with Crippen molar-refractivity contribution in [2.45, 2.75) is 19.3 Å². The van der Waals surface area contributed by atoms with Crippen LogP contribution in [0.1, 0.15) is 33.8 Å². The summed E-state index contributed by atoms with van der Waals surface area (Å²) in [6.07, 6.45) is 2.86. The molecular weight excluding hydrogens is 296 g/mol.